The van der Waals surface area contributed by atoms with Crippen LogP contribution in [0.3, 0.4) is 0 Å². The quantitative estimate of drug-likeness (QED) is 0.364. The van der Waals surface area contributed by atoms with E-state index in [4.69, 9.17) is 9.97 Å². The van der Waals surface area contributed by atoms with Gasteiger partial charge in [-0.05, 0) is 74.7 Å². The molecule has 1 saturated carbocycles. The van der Waals surface area contributed by atoms with Crippen molar-refractivity contribution in [3.63, 3.8) is 0 Å². The molecule has 2 atom stereocenters. The van der Waals surface area contributed by atoms with Gasteiger partial charge < -0.3 is 4.90 Å². The van der Waals surface area contributed by atoms with E-state index in [1.54, 1.807) is 11.8 Å². The fourth-order valence-electron chi connectivity index (χ4n) is 5.49. The summed E-state index contributed by atoms with van der Waals surface area (Å²) in [5.41, 5.74) is 1.82. The molecule has 2 fully saturated rings. The van der Waals surface area contributed by atoms with E-state index in [1.807, 2.05) is 11.3 Å². The SMILES string of the molecule is CC[C@@H]1CCCCN1C(=O)CSc1nc(C2CC2)nc2sc3c(c12)CC[C@@H](C(C)(C)C)C3. The van der Waals surface area contributed by atoms with Gasteiger partial charge in [0, 0.05) is 28.8 Å². The van der Waals surface area contributed by atoms with Crippen molar-refractivity contribution < 1.29 is 4.79 Å². The molecule has 0 N–H and O–H groups in total. The normalized spacial score (nSPS) is 24.1. The molecule has 6 heteroatoms. The molecule has 174 valence electrons. The van der Waals surface area contributed by atoms with Crippen LogP contribution in [0.4, 0.5) is 0 Å². The van der Waals surface area contributed by atoms with E-state index >= 15 is 0 Å². The van der Waals surface area contributed by atoms with Crippen LogP contribution in [0.15, 0.2) is 5.03 Å². The first kappa shape index (κ1) is 22.6. The van der Waals surface area contributed by atoms with E-state index in [0.717, 1.165) is 55.4 Å². The molecule has 0 unspecified atom stereocenters. The van der Waals surface area contributed by atoms with Crippen LogP contribution in [0.25, 0.3) is 10.2 Å². The minimum Gasteiger partial charge on any atom is -0.339 e. The molecule has 2 aliphatic carbocycles. The highest BCUT2D eigenvalue weighted by atomic mass is 32.2. The van der Waals surface area contributed by atoms with Gasteiger partial charge in [0.1, 0.15) is 15.7 Å². The molecule has 0 bridgehead atoms. The highest BCUT2D eigenvalue weighted by molar-refractivity contribution is 8.00. The van der Waals surface area contributed by atoms with Crippen LogP contribution in [0.1, 0.15) is 94.8 Å². The van der Waals surface area contributed by atoms with Crippen LogP contribution in [0.2, 0.25) is 0 Å². The summed E-state index contributed by atoms with van der Waals surface area (Å²) in [5, 5.41) is 2.34. The van der Waals surface area contributed by atoms with Gasteiger partial charge in [-0.1, -0.05) is 39.5 Å². The summed E-state index contributed by atoms with van der Waals surface area (Å²) in [6, 6.07) is 0.424. The zero-order valence-electron chi connectivity index (χ0n) is 20.1. The minimum atomic E-state index is 0.290. The predicted octanol–water partition coefficient (Wildman–Crippen LogP) is 6.60. The predicted molar refractivity (Wildman–Crippen MR) is 135 cm³/mol. The molecule has 2 aromatic rings. The number of nitrogens with zero attached hydrogens (tertiary/aromatic N) is 3. The molecule has 3 aliphatic rings. The number of rotatable bonds is 5. The zero-order chi connectivity index (χ0) is 22.5. The number of likely N-dealkylation sites (tertiary alicyclic amines) is 1. The Morgan fingerprint density at radius 1 is 1.16 bits per heavy atom. The Bertz CT molecular complexity index is 1000. The Kier molecular flexibility index (Phi) is 6.30. The Morgan fingerprint density at radius 3 is 2.69 bits per heavy atom. The standard InChI is InChI=1S/C26H37N3OS2/c1-5-18-8-6-7-13-29(18)21(30)15-31-24-22-19-12-11-17(26(2,3)4)14-20(19)32-25(22)28-23(27-24)16-9-10-16/h16-18H,5-15H2,1-4H3/t17-,18-/m1/s1. The molecule has 4 nitrogen and oxygen atoms in total. The number of thioether (sulfide) groups is 1. The summed E-state index contributed by atoms with van der Waals surface area (Å²) in [6.45, 7) is 10.3. The summed E-state index contributed by atoms with van der Waals surface area (Å²) in [5.74, 6) is 3.06. The topological polar surface area (TPSA) is 46.1 Å². The first-order chi connectivity index (χ1) is 15.3. The van der Waals surface area contributed by atoms with Gasteiger partial charge in [0.2, 0.25) is 5.91 Å². The lowest BCUT2D eigenvalue weighted by Gasteiger charge is -2.35. The van der Waals surface area contributed by atoms with Crippen LogP contribution in [0, 0.1) is 11.3 Å². The number of carbonyl (C=O) groups excluding carboxylic acids is 1. The number of aryl methyl sites for hydroxylation is 1. The molecule has 0 spiro atoms. The lowest BCUT2D eigenvalue weighted by atomic mass is 9.72. The van der Waals surface area contributed by atoms with Gasteiger partial charge in [0.05, 0.1) is 5.75 Å². The monoisotopic (exact) mass is 471 g/mol. The van der Waals surface area contributed by atoms with E-state index in [0.29, 0.717) is 23.1 Å². The van der Waals surface area contributed by atoms with Crippen LogP contribution < -0.4 is 0 Å². The van der Waals surface area contributed by atoms with Crippen molar-refractivity contribution in [2.45, 2.75) is 102 Å². The molecule has 1 saturated heterocycles. The fraction of sp³-hybridized carbons (Fsp3) is 0.731. The van der Waals surface area contributed by atoms with Crippen molar-refractivity contribution in [3.8, 4) is 0 Å². The first-order valence-corrected chi connectivity index (χ1v) is 14.4. The number of hydrogen-bond donors (Lipinski definition) is 0. The van der Waals surface area contributed by atoms with E-state index in [9.17, 15) is 4.79 Å². The van der Waals surface area contributed by atoms with E-state index < -0.39 is 0 Å². The van der Waals surface area contributed by atoms with Crippen molar-refractivity contribution in [1.82, 2.24) is 14.9 Å². The Balaban J connectivity index is 1.43. The van der Waals surface area contributed by atoms with E-state index in [2.05, 4.69) is 32.6 Å². The van der Waals surface area contributed by atoms with Crippen LogP contribution in [0.5, 0.6) is 0 Å². The lowest BCUT2D eigenvalue weighted by molar-refractivity contribution is -0.132. The second kappa shape index (κ2) is 8.90. The number of thiophene rings is 1. The number of hydrogen-bond acceptors (Lipinski definition) is 5. The number of piperidine rings is 1. The lowest BCUT2D eigenvalue weighted by Crippen LogP contribution is -2.44. The van der Waals surface area contributed by atoms with Crippen LogP contribution in [-0.4, -0.2) is 39.1 Å². The van der Waals surface area contributed by atoms with Gasteiger partial charge in [-0.15, -0.1) is 11.3 Å². The molecule has 0 radical (unpaired) electrons. The number of aromatic nitrogens is 2. The van der Waals surface area contributed by atoms with Crippen molar-refractivity contribution in [2.75, 3.05) is 12.3 Å². The summed E-state index contributed by atoms with van der Waals surface area (Å²) in [7, 11) is 0. The van der Waals surface area contributed by atoms with Crippen molar-refractivity contribution in [3.05, 3.63) is 16.3 Å². The minimum absolute atomic E-state index is 0.290. The fourth-order valence-corrected chi connectivity index (χ4v) is 7.81. The molecular weight excluding hydrogens is 434 g/mol. The maximum absolute atomic E-state index is 13.2. The molecule has 0 aromatic carbocycles. The van der Waals surface area contributed by atoms with Gasteiger partial charge in [-0.2, -0.15) is 0 Å². The first-order valence-electron chi connectivity index (χ1n) is 12.6. The van der Waals surface area contributed by atoms with Crippen molar-refractivity contribution in [2.24, 2.45) is 11.3 Å². The Morgan fingerprint density at radius 2 is 1.97 bits per heavy atom. The summed E-state index contributed by atoms with van der Waals surface area (Å²) >= 11 is 3.57. The highest BCUT2D eigenvalue weighted by Gasteiger charge is 2.34. The Labute approximate surface area is 201 Å². The maximum atomic E-state index is 13.2. The molecule has 1 amide bonds. The molecular formula is C26H37N3OS2. The van der Waals surface area contributed by atoms with Crippen LogP contribution in [-0.2, 0) is 17.6 Å². The zero-order valence-corrected chi connectivity index (χ0v) is 21.7. The van der Waals surface area contributed by atoms with E-state index in [-0.39, 0.29) is 5.91 Å². The largest absolute Gasteiger partial charge is 0.339 e. The number of amides is 1. The smallest absolute Gasteiger partial charge is 0.233 e. The third kappa shape index (κ3) is 4.46. The number of carbonyl (C=O) groups is 1. The Hall–Kier alpha value is -1.14. The van der Waals surface area contributed by atoms with Crippen molar-refractivity contribution in [1.29, 1.82) is 0 Å². The van der Waals surface area contributed by atoms with Crippen LogP contribution >= 0.6 is 23.1 Å². The molecule has 2 aromatic heterocycles. The average Bonchev–Trinajstić information content (AvgIpc) is 3.56. The summed E-state index contributed by atoms with van der Waals surface area (Å²) in [6.07, 6.45) is 10.5. The second-order valence-corrected chi connectivity index (χ2v) is 13.1. The number of fused-ring (bicyclic) bond motifs is 3. The van der Waals surface area contributed by atoms with Gasteiger partial charge >= 0.3 is 0 Å². The molecule has 32 heavy (non-hydrogen) atoms. The molecule has 5 rings (SSSR count). The van der Waals surface area contributed by atoms with E-state index in [1.165, 1.54) is 46.3 Å². The molecule has 1 aliphatic heterocycles. The van der Waals surface area contributed by atoms with Gasteiger partial charge in [-0.3, -0.25) is 4.79 Å². The third-order valence-corrected chi connectivity index (χ3v) is 9.92. The maximum Gasteiger partial charge on any atom is 0.233 e. The summed E-state index contributed by atoms with van der Waals surface area (Å²) < 4.78 is 0. The van der Waals surface area contributed by atoms with Gasteiger partial charge in [0.15, 0.2) is 0 Å². The van der Waals surface area contributed by atoms with Gasteiger partial charge in [-0.25, -0.2) is 9.97 Å². The third-order valence-electron chi connectivity index (χ3n) is 7.81. The average molecular weight is 472 g/mol. The summed E-state index contributed by atoms with van der Waals surface area (Å²) in [4.78, 5) is 28.1. The second-order valence-electron chi connectivity index (χ2n) is 11.1. The van der Waals surface area contributed by atoms with Crippen molar-refractivity contribution >= 4 is 39.2 Å². The highest BCUT2D eigenvalue weighted by Crippen LogP contribution is 2.46. The van der Waals surface area contributed by atoms with Gasteiger partial charge in [0.25, 0.3) is 0 Å². The molecule has 3 heterocycles.